The Morgan fingerprint density at radius 1 is 0.880 bits per heavy atom. The number of nitrogen functional groups attached to an aromatic ring is 1. The van der Waals surface area contributed by atoms with Crippen LogP contribution in [0.4, 0.5) is 42.5 Å². The second-order valence-electron chi connectivity index (χ2n) is 13.5. The molecule has 0 spiro atoms. The quantitative estimate of drug-likeness (QED) is 0.278. The van der Waals surface area contributed by atoms with Gasteiger partial charge < -0.3 is 31.1 Å². The zero-order chi connectivity index (χ0) is 35.8. The van der Waals surface area contributed by atoms with Gasteiger partial charge in [-0.05, 0) is 74.3 Å². The van der Waals surface area contributed by atoms with Gasteiger partial charge in [0.1, 0.15) is 0 Å². The summed E-state index contributed by atoms with van der Waals surface area (Å²) in [6, 6.07) is 2.98. The zero-order valence-corrected chi connectivity index (χ0v) is 28.2. The zero-order valence-electron chi connectivity index (χ0n) is 27.4. The highest BCUT2D eigenvalue weighted by molar-refractivity contribution is 7.10. The van der Waals surface area contributed by atoms with Crippen LogP contribution in [0.5, 0.6) is 0 Å². The van der Waals surface area contributed by atoms with Gasteiger partial charge in [0, 0.05) is 62.7 Å². The van der Waals surface area contributed by atoms with Gasteiger partial charge in [0.25, 0.3) is 0 Å². The van der Waals surface area contributed by atoms with Crippen molar-refractivity contribution in [1.29, 1.82) is 0 Å². The van der Waals surface area contributed by atoms with Crippen LogP contribution in [-0.4, -0.2) is 102 Å². The summed E-state index contributed by atoms with van der Waals surface area (Å²) in [6.07, 6.45) is -8.30. The van der Waals surface area contributed by atoms with Crippen molar-refractivity contribution >= 4 is 40.6 Å². The van der Waals surface area contributed by atoms with Gasteiger partial charge in [-0.3, -0.25) is 14.5 Å². The normalized spacial score (nSPS) is 20.8. The Bertz CT molecular complexity index is 1530. The molecule has 17 heteroatoms. The number of halogens is 6. The van der Waals surface area contributed by atoms with Crippen LogP contribution in [0.2, 0.25) is 0 Å². The summed E-state index contributed by atoms with van der Waals surface area (Å²) in [5.41, 5.74) is 1.09. The number of carbonyl (C=O) groups excluding carboxylic acids is 3. The van der Waals surface area contributed by atoms with Crippen molar-refractivity contribution in [1.82, 2.24) is 24.9 Å². The van der Waals surface area contributed by atoms with E-state index in [1.54, 1.807) is 26.0 Å². The lowest BCUT2D eigenvalue weighted by atomic mass is 9.90. The summed E-state index contributed by atoms with van der Waals surface area (Å²) in [7, 11) is 0. The topological polar surface area (TPSA) is 114 Å². The number of hydrogen-bond donors (Lipinski definition) is 3. The minimum Gasteiger partial charge on any atom is -0.398 e. The molecule has 2 aromatic rings. The van der Waals surface area contributed by atoms with Gasteiger partial charge >= 0.3 is 18.4 Å². The Morgan fingerprint density at radius 2 is 1.50 bits per heavy atom. The van der Waals surface area contributed by atoms with E-state index in [1.807, 2.05) is 11.4 Å². The van der Waals surface area contributed by atoms with Crippen molar-refractivity contribution in [2.75, 3.05) is 63.4 Å². The number of piperidine rings is 2. The van der Waals surface area contributed by atoms with E-state index < -0.39 is 53.3 Å². The van der Waals surface area contributed by atoms with E-state index in [9.17, 15) is 40.7 Å². The number of benzene rings is 1. The molecule has 3 fully saturated rings. The van der Waals surface area contributed by atoms with Gasteiger partial charge in [-0.15, -0.1) is 11.3 Å². The minimum absolute atomic E-state index is 0.126. The van der Waals surface area contributed by atoms with Gasteiger partial charge in [-0.25, -0.2) is 4.79 Å². The van der Waals surface area contributed by atoms with E-state index in [0.717, 1.165) is 36.5 Å². The molecule has 6 rings (SSSR count). The van der Waals surface area contributed by atoms with Gasteiger partial charge in [0.05, 0.1) is 35.0 Å². The fraction of sp³-hybridized carbons (Fsp3) is 0.606. The van der Waals surface area contributed by atoms with Crippen molar-refractivity contribution < 1.29 is 40.7 Å². The molecule has 5 heterocycles. The number of alkyl halides is 6. The van der Waals surface area contributed by atoms with Gasteiger partial charge in [0.2, 0.25) is 11.8 Å². The molecule has 1 atom stereocenters. The van der Waals surface area contributed by atoms with Crippen LogP contribution < -0.4 is 16.4 Å². The molecule has 0 bridgehead atoms. The Balaban J connectivity index is 1.18. The Hall–Kier alpha value is -3.57. The van der Waals surface area contributed by atoms with Crippen molar-refractivity contribution in [3.8, 4) is 0 Å². The molecule has 4 amide bonds. The molecule has 4 aliphatic rings. The SMILES string of the molecule is Nc1c(C(F)(F)F)cc(C[C@@H](CC(=O)N2CCC(N3Cc4sccc4NC3=O)CC2)C(=O)N2CCN(C3CCNCC3)CC2)cc1C(F)(F)F. The number of rotatable bonds is 7. The van der Waals surface area contributed by atoms with Crippen molar-refractivity contribution in [3.05, 3.63) is 45.1 Å². The van der Waals surface area contributed by atoms with Crippen LogP contribution in [0.25, 0.3) is 0 Å². The maximum Gasteiger partial charge on any atom is 0.418 e. The fourth-order valence-corrected chi connectivity index (χ4v) is 8.45. The second-order valence-corrected chi connectivity index (χ2v) is 14.5. The van der Waals surface area contributed by atoms with Gasteiger partial charge in [-0.1, -0.05) is 0 Å². The summed E-state index contributed by atoms with van der Waals surface area (Å²) in [6.45, 7) is 4.68. The number of amides is 4. The average molecular weight is 730 g/mol. The maximum absolute atomic E-state index is 14.0. The number of thiophene rings is 1. The first kappa shape index (κ1) is 36.2. The van der Waals surface area contributed by atoms with Crippen LogP contribution >= 0.6 is 11.3 Å². The molecule has 4 N–H and O–H groups in total. The molecule has 10 nitrogen and oxygen atoms in total. The Morgan fingerprint density at radius 3 is 2.10 bits per heavy atom. The number of fused-ring (bicyclic) bond motifs is 1. The van der Waals surface area contributed by atoms with E-state index in [2.05, 4.69) is 15.5 Å². The van der Waals surface area contributed by atoms with E-state index in [1.165, 1.54) is 0 Å². The lowest BCUT2D eigenvalue weighted by Gasteiger charge is -2.42. The molecule has 4 aliphatic heterocycles. The number of urea groups is 1. The van der Waals surface area contributed by atoms with E-state index >= 15 is 0 Å². The number of likely N-dealkylation sites (tertiary alicyclic amines) is 1. The van der Waals surface area contributed by atoms with Gasteiger partial charge in [-0.2, -0.15) is 26.3 Å². The number of nitrogens with two attached hydrogens (primary N) is 1. The lowest BCUT2D eigenvalue weighted by molar-refractivity contribution is -0.143. The summed E-state index contributed by atoms with van der Waals surface area (Å²) in [5.74, 6) is -2.09. The van der Waals surface area contributed by atoms with Crippen molar-refractivity contribution in [2.45, 2.75) is 69.5 Å². The predicted molar refractivity (Wildman–Crippen MR) is 175 cm³/mol. The molecule has 0 aliphatic carbocycles. The monoisotopic (exact) mass is 729 g/mol. The standard InChI is InChI=1S/C33H41F6N7O3S/c34-32(35,36)24-16-20(17-25(29(24)40)33(37,38)39)15-21(30(48)45-12-10-43(11-13-45)22-1-6-41-7-2-22)18-28(47)44-8-3-23(4-9-44)46-19-27-26(5-14-50-27)42-31(46)49/h5,14,16-17,21-23,41H,1-4,6-13,15,18-19,40H2,(H,42,49)/t21-/m0/s1. The second kappa shape index (κ2) is 14.6. The predicted octanol–water partition coefficient (Wildman–Crippen LogP) is 4.85. The smallest absolute Gasteiger partial charge is 0.398 e. The number of carbonyl (C=O) groups is 3. The molecule has 1 aromatic carbocycles. The Labute approximate surface area is 289 Å². The number of nitrogens with zero attached hydrogens (tertiary/aromatic N) is 4. The number of piperazine rings is 1. The van der Waals surface area contributed by atoms with E-state index in [-0.39, 0.29) is 24.1 Å². The first-order valence-electron chi connectivity index (χ1n) is 16.9. The first-order valence-corrected chi connectivity index (χ1v) is 17.8. The molecular weight excluding hydrogens is 688 g/mol. The third-order valence-electron chi connectivity index (χ3n) is 10.4. The number of anilines is 2. The van der Waals surface area contributed by atoms with Crippen LogP contribution in [0.3, 0.4) is 0 Å². The Kier molecular flexibility index (Phi) is 10.6. The largest absolute Gasteiger partial charge is 0.418 e. The van der Waals surface area contributed by atoms with Crippen LogP contribution in [-0.2, 0) is 34.9 Å². The average Bonchev–Trinajstić information content (AvgIpc) is 3.54. The van der Waals surface area contributed by atoms with Crippen LogP contribution in [0.15, 0.2) is 23.6 Å². The first-order chi connectivity index (χ1) is 23.7. The molecule has 0 radical (unpaired) electrons. The van der Waals surface area contributed by atoms with Gasteiger partial charge in [0.15, 0.2) is 0 Å². The van der Waals surface area contributed by atoms with Crippen molar-refractivity contribution in [3.63, 3.8) is 0 Å². The summed E-state index contributed by atoms with van der Waals surface area (Å²) < 4.78 is 83.1. The van der Waals surface area contributed by atoms with Crippen LogP contribution in [0.1, 0.15) is 53.7 Å². The molecular formula is C33H41F6N7O3S. The minimum atomic E-state index is -5.17. The number of hydrogen-bond acceptors (Lipinski definition) is 7. The summed E-state index contributed by atoms with van der Waals surface area (Å²) in [5, 5.41) is 8.11. The third-order valence-corrected chi connectivity index (χ3v) is 11.3. The molecule has 1 aromatic heterocycles. The highest BCUT2D eigenvalue weighted by atomic mass is 32.1. The van der Waals surface area contributed by atoms with E-state index in [0.29, 0.717) is 76.8 Å². The lowest BCUT2D eigenvalue weighted by Crippen LogP contribution is -2.55. The number of nitrogens with one attached hydrogen (secondary N) is 2. The summed E-state index contributed by atoms with van der Waals surface area (Å²) in [4.78, 5) is 48.7. The molecule has 0 saturated carbocycles. The molecule has 274 valence electrons. The fourth-order valence-electron chi connectivity index (χ4n) is 7.62. The molecule has 3 saturated heterocycles. The highest BCUT2D eigenvalue weighted by Crippen LogP contribution is 2.42. The third kappa shape index (κ3) is 7.99. The maximum atomic E-state index is 14.0. The summed E-state index contributed by atoms with van der Waals surface area (Å²) >= 11 is 1.54. The van der Waals surface area contributed by atoms with Crippen LogP contribution in [0, 0.1) is 5.92 Å². The molecule has 50 heavy (non-hydrogen) atoms. The van der Waals surface area contributed by atoms with E-state index in [4.69, 9.17) is 5.73 Å². The molecule has 0 unspecified atom stereocenters. The van der Waals surface area contributed by atoms with Crippen molar-refractivity contribution in [2.24, 2.45) is 5.92 Å². The highest BCUT2D eigenvalue weighted by Gasteiger charge is 2.42.